The second-order valence-electron chi connectivity index (χ2n) is 9.49. The molecule has 0 saturated heterocycles. The Morgan fingerprint density at radius 1 is 0.805 bits per heavy atom. The number of nitrogens with one attached hydrogen (secondary N) is 1. The number of hydrogen-bond donors (Lipinski definition) is 1. The Morgan fingerprint density at radius 3 is 1.85 bits per heavy atom. The average Bonchev–Trinajstić information content (AvgIpc) is 2.93. The van der Waals surface area contributed by atoms with Gasteiger partial charge in [-0.25, -0.2) is 9.78 Å². The summed E-state index contributed by atoms with van der Waals surface area (Å²) in [5.74, 6) is -1.18. The van der Waals surface area contributed by atoms with Crippen LogP contribution in [0.5, 0.6) is 23.0 Å². The predicted octanol–water partition coefficient (Wildman–Crippen LogP) is 4.53. The molecule has 1 unspecified atom stereocenters. The van der Waals surface area contributed by atoms with Crippen molar-refractivity contribution in [2.24, 2.45) is 0 Å². The average molecular weight is 565 g/mol. The van der Waals surface area contributed by atoms with Crippen molar-refractivity contribution < 1.29 is 38.1 Å². The Labute approximate surface area is 239 Å². The van der Waals surface area contributed by atoms with E-state index in [2.05, 4.69) is 10.3 Å². The van der Waals surface area contributed by atoms with Gasteiger partial charge in [0.15, 0.2) is 11.4 Å². The number of amides is 1. The van der Waals surface area contributed by atoms with Gasteiger partial charge < -0.3 is 29.0 Å². The maximum atomic E-state index is 13.3. The molecule has 218 valence electrons. The molecule has 2 atom stereocenters. The van der Waals surface area contributed by atoms with E-state index in [4.69, 9.17) is 23.7 Å². The van der Waals surface area contributed by atoms with Gasteiger partial charge in [0.25, 0.3) is 5.91 Å². The van der Waals surface area contributed by atoms with Gasteiger partial charge in [0, 0.05) is 30.3 Å². The predicted molar refractivity (Wildman–Crippen MR) is 152 cm³/mol. The zero-order chi connectivity index (χ0) is 30.3. The molecule has 1 heterocycles. The van der Waals surface area contributed by atoms with E-state index in [1.807, 2.05) is 50.2 Å². The summed E-state index contributed by atoms with van der Waals surface area (Å²) in [5, 5.41) is 2.58. The second kappa shape index (κ2) is 13.6. The molecule has 0 fully saturated rings. The molecule has 0 radical (unpaired) electrons. The van der Waals surface area contributed by atoms with Crippen LogP contribution in [0.4, 0.5) is 0 Å². The maximum absolute atomic E-state index is 13.3. The summed E-state index contributed by atoms with van der Waals surface area (Å²) in [6, 6.07) is 12.0. The van der Waals surface area contributed by atoms with Crippen LogP contribution < -0.4 is 24.3 Å². The molecule has 1 aromatic heterocycles. The summed E-state index contributed by atoms with van der Waals surface area (Å²) in [6.45, 7) is 8.35. The summed E-state index contributed by atoms with van der Waals surface area (Å²) in [7, 11) is 4.57. The van der Waals surface area contributed by atoms with E-state index in [0.29, 0.717) is 11.5 Å². The molecule has 10 nitrogen and oxygen atoms in total. The van der Waals surface area contributed by atoms with Crippen LogP contribution in [0.25, 0.3) is 0 Å². The van der Waals surface area contributed by atoms with Crippen molar-refractivity contribution in [3.8, 4) is 23.0 Å². The maximum Gasteiger partial charge on any atom is 0.328 e. The topological polar surface area (TPSA) is 122 Å². The number of nitrogens with zero attached hydrogens (tertiary/aromatic N) is 1. The minimum Gasteiger partial charge on any atom is -0.496 e. The van der Waals surface area contributed by atoms with Crippen molar-refractivity contribution in [3.63, 3.8) is 0 Å². The fraction of sp³-hybridized carbons (Fsp3) is 0.355. The van der Waals surface area contributed by atoms with Crippen molar-refractivity contribution in [2.75, 3.05) is 21.3 Å². The lowest BCUT2D eigenvalue weighted by Gasteiger charge is -2.29. The summed E-state index contributed by atoms with van der Waals surface area (Å²) in [4.78, 5) is 42.0. The van der Waals surface area contributed by atoms with Crippen molar-refractivity contribution in [3.05, 3.63) is 76.6 Å². The molecule has 10 heteroatoms. The fourth-order valence-electron chi connectivity index (χ4n) is 4.74. The molecule has 1 amide bonds. The van der Waals surface area contributed by atoms with Crippen molar-refractivity contribution in [1.82, 2.24) is 10.3 Å². The summed E-state index contributed by atoms with van der Waals surface area (Å²) < 4.78 is 27.8. The molecule has 3 aromatic rings. The van der Waals surface area contributed by atoms with Crippen LogP contribution in [0, 0.1) is 13.8 Å². The number of aryl methyl sites for hydroxylation is 2. The number of aromatic nitrogens is 1. The van der Waals surface area contributed by atoms with Gasteiger partial charge in [-0.2, -0.15) is 0 Å². The first kappa shape index (κ1) is 30.9. The van der Waals surface area contributed by atoms with Crippen LogP contribution in [0.3, 0.4) is 0 Å². The molecule has 1 N–H and O–H groups in total. The highest BCUT2D eigenvalue weighted by Gasteiger charge is 2.32. The van der Waals surface area contributed by atoms with Gasteiger partial charge in [-0.3, -0.25) is 9.59 Å². The Hall–Kier alpha value is -4.60. The van der Waals surface area contributed by atoms with E-state index >= 15 is 0 Å². The van der Waals surface area contributed by atoms with E-state index in [-0.39, 0.29) is 17.2 Å². The fourth-order valence-corrected chi connectivity index (χ4v) is 4.74. The Bertz CT molecular complexity index is 1370. The molecule has 0 aliphatic heterocycles. The van der Waals surface area contributed by atoms with Crippen LogP contribution in [0.2, 0.25) is 0 Å². The highest BCUT2D eigenvalue weighted by molar-refractivity contribution is 5.98. The van der Waals surface area contributed by atoms with Gasteiger partial charge in [0.1, 0.15) is 23.6 Å². The van der Waals surface area contributed by atoms with E-state index in [9.17, 15) is 14.4 Å². The third kappa shape index (κ3) is 6.95. The SMILES string of the molecule is COc1ccnc(C(=O)N[C@@H](C)C(=O)OC(C)C(c2cccc(C)c2OC)c2cccc(C)c2OC)c1OC(C)=O. The normalized spacial score (nSPS) is 12.2. The van der Waals surface area contributed by atoms with Crippen LogP contribution in [-0.4, -0.2) is 56.3 Å². The quantitative estimate of drug-likeness (QED) is 0.335. The first-order chi connectivity index (χ1) is 19.5. The Morgan fingerprint density at radius 2 is 1.37 bits per heavy atom. The van der Waals surface area contributed by atoms with Crippen LogP contribution in [0.1, 0.15) is 59.4 Å². The molecule has 2 aromatic carbocycles. The van der Waals surface area contributed by atoms with Gasteiger partial charge in [-0.15, -0.1) is 0 Å². The van der Waals surface area contributed by atoms with Crippen LogP contribution in [0.15, 0.2) is 48.7 Å². The number of benzene rings is 2. The van der Waals surface area contributed by atoms with E-state index in [1.165, 1.54) is 33.2 Å². The molecular weight excluding hydrogens is 528 g/mol. The van der Waals surface area contributed by atoms with Crippen LogP contribution >= 0.6 is 0 Å². The smallest absolute Gasteiger partial charge is 0.328 e. The molecule has 0 saturated carbocycles. The van der Waals surface area contributed by atoms with Gasteiger partial charge in [0.2, 0.25) is 5.75 Å². The zero-order valence-electron chi connectivity index (χ0n) is 24.6. The third-order valence-electron chi connectivity index (χ3n) is 6.58. The lowest BCUT2D eigenvalue weighted by atomic mass is 9.84. The molecule has 0 bridgehead atoms. The minimum absolute atomic E-state index is 0.145. The van der Waals surface area contributed by atoms with Crippen molar-refractivity contribution in [2.45, 2.75) is 52.7 Å². The van der Waals surface area contributed by atoms with Crippen molar-refractivity contribution >= 4 is 17.8 Å². The van der Waals surface area contributed by atoms with Gasteiger partial charge in [-0.1, -0.05) is 36.4 Å². The number of carbonyl (C=O) groups is 3. The highest BCUT2D eigenvalue weighted by atomic mass is 16.6. The number of methoxy groups -OCH3 is 3. The number of hydrogen-bond acceptors (Lipinski definition) is 9. The molecule has 0 aliphatic carbocycles. The minimum atomic E-state index is -1.07. The lowest BCUT2D eigenvalue weighted by Crippen LogP contribution is -2.41. The standard InChI is InChI=1S/C31H36N2O8/c1-17-11-9-13-22(27(17)38-7)25(23-14-10-12-18(2)28(23)39-8)20(4)40-31(36)19(3)33-30(35)26-29(41-21(5)34)24(37-6)15-16-32-26/h9-16,19-20,25H,1-8H3,(H,33,35)/t19-,20?/m0/s1. The zero-order valence-corrected chi connectivity index (χ0v) is 24.6. The van der Waals surface area contributed by atoms with Gasteiger partial charge in [-0.05, 0) is 38.8 Å². The van der Waals surface area contributed by atoms with E-state index in [0.717, 1.165) is 22.3 Å². The highest BCUT2D eigenvalue weighted by Crippen LogP contribution is 2.42. The number of esters is 2. The number of carbonyl (C=O) groups excluding carboxylic acids is 3. The molecular formula is C31H36N2O8. The summed E-state index contributed by atoms with van der Waals surface area (Å²) >= 11 is 0. The first-order valence-electron chi connectivity index (χ1n) is 13.0. The number of rotatable bonds is 11. The Kier molecular flexibility index (Phi) is 10.3. The first-order valence-corrected chi connectivity index (χ1v) is 13.0. The number of para-hydroxylation sites is 2. The van der Waals surface area contributed by atoms with E-state index in [1.54, 1.807) is 21.1 Å². The lowest BCUT2D eigenvalue weighted by molar-refractivity contribution is -0.150. The van der Waals surface area contributed by atoms with Crippen LogP contribution in [-0.2, 0) is 14.3 Å². The monoisotopic (exact) mass is 564 g/mol. The van der Waals surface area contributed by atoms with Gasteiger partial charge >= 0.3 is 11.9 Å². The third-order valence-corrected chi connectivity index (χ3v) is 6.58. The largest absolute Gasteiger partial charge is 0.496 e. The number of pyridine rings is 1. The van der Waals surface area contributed by atoms with Crippen molar-refractivity contribution in [1.29, 1.82) is 0 Å². The second-order valence-corrected chi connectivity index (χ2v) is 9.49. The summed E-state index contributed by atoms with van der Waals surface area (Å²) in [5.41, 5.74) is 3.28. The van der Waals surface area contributed by atoms with Gasteiger partial charge in [0.05, 0.1) is 27.2 Å². The molecule has 0 spiro atoms. The summed E-state index contributed by atoms with van der Waals surface area (Å²) in [6.07, 6.45) is 0.640. The number of ether oxygens (including phenoxy) is 5. The Balaban J connectivity index is 1.92. The molecule has 0 aliphatic rings. The molecule has 3 rings (SSSR count). The molecule has 41 heavy (non-hydrogen) atoms. The van der Waals surface area contributed by atoms with E-state index < -0.39 is 35.9 Å².